The Hall–Kier alpha value is -1.78. The third-order valence-electron chi connectivity index (χ3n) is 5.08. The first-order chi connectivity index (χ1) is 13.2. The molecule has 0 spiro atoms. The number of rotatable bonds is 7. The smallest absolute Gasteiger partial charge is 0.163 e. The van der Waals surface area contributed by atoms with Crippen LogP contribution in [0.15, 0.2) is 36.4 Å². The Morgan fingerprint density at radius 2 is 1.74 bits per heavy atom. The van der Waals surface area contributed by atoms with Crippen molar-refractivity contribution in [2.75, 3.05) is 7.11 Å². The van der Waals surface area contributed by atoms with Crippen LogP contribution < -0.4 is 14.8 Å². The van der Waals surface area contributed by atoms with E-state index in [2.05, 4.69) is 5.32 Å². The molecule has 1 fully saturated rings. The molecule has 0 saturated heterocycles. The van der Waals surface area contributed by atoms with E-state index in [0.717, 1.165) is 17.7 Å². The SMILES string of the molecule is COc1cc(CNC2CCCCCC2)c(Cl)cc1OCc1ccc(F)cc1. The fourth-order valence-corrected chi connectivity index (χ4v) is 3.68. The topological polar surface area (TPSA) is 30.5 Å². The highest BCUT2D eigenvalue weighted by Crippen LogP contribution is 2.34. The molecule has 3 nitrogen and oxygen atoms in total. The van der Waals surface area contributed by atoms with E-state index in [1.807, 2.05) is 6.07 Å². The lowest BCUT2D eigenvalue weighted by atomic mass is 10.1. The van der Waals surface area contributed by atoms with Crippen LogP contribution in [-0.4, -0.2) is 13.2 Å². The predicted octanol–water partition coefficient (Wildman–Crippen LogP) is 5.88. The van der Waals surface area contributed by atoms with Gasteiger partial charge in [0.05, 0.1) is 7.11 Å². The van der Waals surface area contributed by atoms with Gasteiger partial charge in [0, 0.05) is 23.7 Å². The molecule has 2 aromatic carbocycles. The number of hydrogen-bond donors (Lipinski definition) is 1. The van der Waals surface area contributed by atoms with Crippen LogP contribution in [0.4, 0.5) is 4.39 Å². The maximum Gasteiger partial charge on any atom is 0.163 e. The Morgan fingerprint density at radius 1 is 1.04 bits per heavy atom. The third-order valence-corrected chi connectivity index (χ3v) is 5.43. The van der Waals surface area contributed by atoms with E-state index < -0.39 is 0 Å². The molecule has 27 heavy (non-hydrogen) atoms. The van der Waals surface area contributed by atoms with Crippen molar-refractivity contribution >= 4 is 11.6 Å². The van der Waals surface area contributed by atoms with Crippen LogP contribution in [0.25, 0.3) is 0 Å². The lowest BCUT2D eigenvalue weighted by molar-refractivity contribution is 0.284. The van der Waals surface area contributed by atoms with E-state index in [-0.39, 0.29) is 5.82 Å². The van der Waals surface area contributed by atoms with Crippen molar-refractivity contribution in [1.82, 2.24) is 5.32 Å². The molecule has 1 aliphatic rings. The summed E-state index contributed by atoms with van der Waals surface area (Å²) in [5.41, 5.74) is 1.89. The predicted molar refractivity (Wildman–Crippen MR) is 107 cm³/mol. The highest BCUT2D eigenvalue weighted by Gasteiger charge is 2.15. The van der Waals surface area contributed by atoms with E-state index in [4.69, 9.17) is 21.1 Å². The summed E-state index contributed by atoms with van der Waals surface area (Å²) in [7, 11) is 1.62. The van der Waals surface area contributed by atoms with Crippen LogP contribution in [-0.2, 0) is 13.2 Å². The van der Waals surface area contributed by atoms with E-state index in [1.165, 1.54) is 50.7 Å². The van der Waals surface area contributed by atoms with E-state index in [1.54, 1.807) is 25.3 Å². The first-order valence-electron chi connectivity index (χ1n) is 9.63. The van der Waals surface area contributed by atoms with Gasteiger partial charge in [-0.15, -0.1) is 0 Å². The number of nitrogens with one attached hydrogen (secondary N) is 1. The monoisotopic (exact) mass is 391 g/mol. The second-order valence-corrected chi connectivity index (χ2v) is 7.49. The normalized spacial score (nSPS) is 15.4. The quantitative estimate of drug-likeness (QED) is 0.598. The van der Waals surface area contributed by atoms with Crippen molar-refractivity contribution in [3.05, 3.63) is 58.4 Å². The lowest BCUT2D eigenvalue weighted by Gasteiger charge is -2.18. The summed E-state index contributed by atoms with van der Waals surface area (Å²) >= 11 is 6.49. The number of hydrogen-bond acceptors (Lipinski definition) is 3. The second kappa shape index (κ2) is 9.95. The zero-order valence-electron chi connectivity index (χ0n) is 15.8. The van der Waals surface area contributed by atoms with Crippen LogP contribution in [0.3, 0.4) is 0 Å². The van der Waals surface area contributed by atoms with Crippen molar-refractivity contribution in [2.45, 2.75) is 57.7 Å². The number of methoxy groups -OCH3 is 1. The third kappa shape index (κ3) is 5.85. The van der Waals surface area contributed by atoms with Gasteiger partial charge in [0.25, 0.3) is 0 Å². The van der Waals surface area contributed by atoms with Crippen molar-refractivity contribution < 1.29 is 13.9 Å². The van der Waals surface area contributed by atoms with Gasteiger partial charge in [-0.05, 0) is 42.2 Å². The minimum atomic E-state index is -0.259. The van der Waals surface area contributed by atoms with Crippen molar-refractivity contribution in [1.29, 1.82) is 0 Å². The van der Waals surface area contributed by atoms with Crippen molar-refractivity contribution in [3.63, 3.8) is 0 Å². The summed E-state index contributed by atoms with van der Waals surface area (Å²) in [6, 6.07) is 10.5. The van der Waals surface area contributed by atoms with Gasteiger partial charge in [-0.25, -0.2) is 4.39 Å². The molecule has 2 aromatic rings. The second-order valence-electron chi connectivity index (χ2n) is 7.08. The highest BCUT2D eigenvalue weighted by molar-refractivity contribution is 6.31. The Balaban J connectivity index is 1.63. The number of benzene rings is 2. The molecule has 0 heterocycles. The lowest BCUT2D eigenvalue weighted by Crippen LogP contribution is -2.28. The molecule has 0 amide bonds. The van der Waals surface area contributed by atoms with Crippen molar-refractivity contribution in [2.24, 2.45) is 0 Å². The molecule has 5 heteroatoms. The molecule has 146 valence electrons. The van der Waals surface area contributed by atoms with Gasteiger partial charge in [-0.3, -0.25) is 0 Å². The molecule has 0 aromatic heterocycles. The summed E-state index contributed by atoms with van der Waals surface area (Å²) < 4.78 is 24.3. The number of ether oxygens (including phenoxy) is 2. The standard InChI is InChI=1S/C22H27ClFNO2/c1-26-21-12-17(14-25-19-6-4-2-3-5-7-19)20(23)13-22(21)27-15-16-8-10-18(24)11-9-16/h8-13,19,25H,2-7,14-15H2,1H3. The van der Waals surface area contributed by atoms with E-state index in [9.17, 15) is 4.39 Å². The van der Waals surface area contributed by atoms with E-state index >= 15 is 0 Å². The Bertz CT molecular complexity index is 728. The molecule has 0 aliphatic heterocycles. The van der Waals surface area contributed by atoms with Crippen LogP contribution >= 0.6 is 11.6 Å². The first kappa shape index (κ1) is 20.0. The zero-order valence-corrected chi connectivity index (χ0v) is 16.5. The first-order valence-corrected chi connectivity index (χ1v) is 10.0. The van der Waals surface area contributed by atoms with Gasteiger partial charge in [0.1, 0.15) is 12.4 Å². The summed E-state index contributed by atoms with van der Waals surface area (Å²) in [6.45, 7) is 1.05. The molecule has 0 bridgehead atoms. The average Bonchev–Trinajstić information content (AvgIpc) is 2.95. The average molecular weight is 392 g/mol. The summed E-state index contributed by atoms with van der Waals surface area (Å²) in [5, 5.41) is 4.29. The molecule has 3 rings (SSSR count). The van der Waals surface area contributed by atoms with Gasteiger partial charge in [-0.2, -0.15) is 0 Å². The Labute approximate surface area is 165 Å². The Morgan fingerprint density at radius 3 is 2.41 bits per heavy atom. The maximum atomic E-state index is 13.0. The van der Waals surface area contributed by atoms with Gasteiger partial charge in [0.15, 0.2) is 11.5 Å². The van der Waals surface area contributed by atoms with Gasteiger partial charge >= 0.3 is 0 Å². The molecule has 0 unspecified atom stereocenters. The molecular formula is C22H27ClFNO2. The fraction of sp³-hybridized carbons (Fsp3) is 0.455. The minimum Gasteiger partial charge on any atom is -0.493 e. The number of halogens is 2. The molecule has 0 atom stereocenters. The highest BCUT2D eigenvalue weighted by atomic mass is 35.5. The van der Waals surface area contributed by atoms with Crippen LogP contribution in [0.5, 0.6) is 11.5 Å². The summed E-state index contributed by atoms with van der Waals surface area (Å²) in [6.07, 6.45) is 7.73. The fourth-order valence-electron chi connectivity index (χ4n) is 3.46. The summed E-state index contributed by atoms with van der Waals surface area (Å²) in [4.78, 5) is 0. The largest absolute Gasteiger partial charge is 0.493 e. The maximum absolute atomic E-state index is 13.0. The molecule has 0 radical (unpaired) electrons. The van der Waals surface area contributed by atoms with Crippen LogP contribution in [0.1, 0.15) is 49.7 Å². The van der Waals surface area contributed by atoms with Gasteiger partial charge in [0.2, 0.25) is 0 Å². The molecule has 1 aliphatic carbocycles. The van der Waals surface area contributed by atoms with Crippen LogP contribution in [0.2, 0.25) is 5.02 Å². The van der Waals surface area contributed by atoms with Gasteiger partial charge < -0.3 is 14.8 Å². The molecule has 1 saturated carbocycles. The Kier molecular flexibility index (Phi) is 7.36. The zero-order chi connectivity index (χ0) is 19.1. The molecular weight excluding hydrogens is 365 g/mol. The minimum absolute atomic E-state index is 0.259. The van der Waals surface area contributed by atoms with Gasteiger partial charge in [-0.1, -0.05) is 49.4 Å². The molecule has 1 N–H and O–H groups in total. The summed E-state index contributed by atoms with van der Waals surface area (Å²) in [5.74, 6) is 0.981. The van der Waals surface area contributed by atoms with Crippen molar-refractivity contribution in [3.8, 4) is 11.5 Å². The van der Waals surface area contributed by atoms with Crippen LogP contribution in [0, 0.1) is 5.82 Å². The van der Waals surface area contributed by atoms with E-state index in [0.29, 0.717) is 29.2 Å².